The lowest BCUT2D eigenvalue weighted by molar-refractivity contribution is -0.688. The van der Waals surface area contributed by atoms with Crippen molar-refractivity contribution >= 4 is 57.4 Å². The van der Waals surface area contributed by atoms with Gasteiger partial charge in [-0.1, -0.05) is 5.16 Å². The number of nitrogens with zero attached hydrogens (tertiary/aromatic N) is 6. The van der Waals surface area contributed by atoms with E-state index in [-0.39, 0.29) is 35.5 Å². The molecule has 2 aliphatic heterocycles. The number of nitrogens with two attached hydrogens (primary N) is 1. The highest BCUT2D eigenvalue weighted by Crippen LogP contribution is 2.40. The molecule has 0 bridgehead atoms. The Labute approximate surface area is 217 Å². The number of aliphatic carboxylic acids is 1. The fourth-order valence-corrected chi connectivity index (χ4v) is 5.97. The van der Waals surface area contributed by atoms with E-state index in [1.165, 1.54) is 18.9 Å². The molecule has 4 N–H and O–H groups in total. The number of aliphatic hydroxyl groups excluding tert-OH is 1. The summed E-state index contributed by atoms with van der Waals surface area (Å²) in [5, 5.41) is 27.3. The number of anilines is 1. The van der Waals surface area contributed by atoms with Gasteiger partial charge in [0.2, 0.25) is 11.5 Å². The molecule has 1 fully saturated rings. The zero-order valence-electron chi connectivity index (χ0n) is 19.2. The number of carboxylic acids is 1. The Hall–Kier alpha value is -4.02. The van der Waals surface area contributed by atoms with Crippen molar-refractivity contribution in [2.24, 2.45) is 5.16 Å². The first-order chi connectivity index (χ1) is 17.8. The number of hydrogen-bond acceptors (Lipinski definition) is 12. The molecule has 192 valence electrons. The highest BCUT2D eigenvalue weighted by atomic mass is 32.2. The second-order valence-electron chi connectivity index (χ2n) is 8.07. The molecular weight excluding hydrogens is 524 g/mol. The van der Waals surface area contributed by atoms with Gasteiger partial charge in [0.15, 0.2) is 24.1 Å². The SMILES string of the molecule is CO/N=C(\C(=O)N[C@@H]1C(=O)N2C(C(=O)[O-])=C(C[n+]3ccn4ccc(CO)c4c3)CS[C@H]12)c1nsc(N)n1. The van der Waals surface area contributed by atoms with E-state index in [0.29, 0.717) is 11.3 Å². The minimum Gasteiger partial charge on any atom is -0.543 e. The summed E-state index contributed by atoms with van der Waals surface area (Å²) in [7, 11) is 1.24. The van der Waals surface area contributed by atoms with Gasteiger partial charge in [0.1, 0.15) is 24.0 Å². The van der Waals surface area contributed by atoms with Crippen molar-refractivity contribution in [3.8, 4) is 0 Å². The van der Waals surface area contributed by atoms with Crippen molar-refractivity contribution in [1.82, 2.24) is 24.0 Å². The Kier molecular flexibility index (Phi) is 6.53. The molecule has 0 spiro atoms. The maximum Gasteiger partial charge on any atom is 0.278 e. The smallest absolute Gasteiger partial charge is 0.278 e. The average Bonchev–Trinajstić information content (AvgIpc) is 3.50. The van der Waals surface area contributed by atoms with Gasteiger partial charge in [-0.2, -0.15) is 13.9 Å². The van der Waals surface area contributed by atoms with E-state index in [4.69, 9.17) is 10.6 Å². The van der Waals surface area contributed by atoms with Gasteiger partial charge in [0, 0.05) is 34.6 Å². The molecular formula is C21H20N8O6S2. The fourth-order valence-electron chi connectivity index (χ4n) is 4.20. The van der Waals surface area contributed by atoms with Crippen molar-refractivity contribution in [3.63, 3.8) is 0 Å². The number of carbonyl (C=O) groups is 3. The second-order valence-corrected chi connectivity index (χ2v) is 9.96. The molecule has 5 rings (SSSR count). The van der Waals surface area contributed by atoms with Crippen LogP contribution in [0.25, 0.3) is 5.52 Å². The fraction of sp³-hybridized carbons (Fsp3) is 0.286. The molecule has 0 radical (unpaired) electrons. The van der Waals surface area contributed by atoms with E-state index in [9.17, 15) is 24.6 Å². The Balaban J connectivity index is 1.36. The van der Waals surface area contributed by atoms with Crippen molar-refractivity contribution < 1.29 is 34.0 Å². The van der Waals surface area contributed by atoms with Crippen LogP contribution < -0.4 is 20.7 Å². The van der Waals surface area contributed by atoms with Crippen molar-refractivity contribution in [2.45, 2.75) is 24.6 Å². The summed E-state index contributed by atoms with van der Waals surface area (Å²) in [5.41, 5.74) is 7.08. The first-order valence-electron chi connectivity index (χ1n) is 10.8. The molecule has 1 saturated heterocycles. The third-order valence-corrected chi connectivity index (χ3v) is 7.75. The van der Waals surface area contributed by atoms with E-state index >= 15 is 0 Å². The van der Waals surface area contributed by atoms with Gasteiger partial charge in [0.05, 0.1) is 24.5 Å². The van der Waals surface area contributed by atoms with E-state index in [0.717, 1.165) is 27.5 Å². The summed E-state index contributed by atoms with van der Waals surface area (Å²) in [6, 6.07) is 0.797. The van der Waals surface area contributed by atoms with Crippen molar-refractivity contribution in [2.75, 3.05) is 18.6 Å². The number of thioether (sulfide) groups is 1. The number of hydrogen-bond donors (Lipinski definition) is 3. The molecule has 2 aliphatic rings. The number of β-lactam (4-membered cyclic amide) rings is 1. The quantitative estimate of drug-likeness (QED) is 0.119. The van der Waals surface area contributed by atoms with Crippen LogP contribution >= 0.6 is 23.3 Å². The Morgan fingerprint density at radius 1 is 1.43 bits per heavy atom. The third-order valence-electron chi connectivity index (χ3n) is 5.87. The average molecular weight is 545 g/mol. The summed E-state index contributed by atoms with van der Waals surface area (Å²) in [4.78, 5) is 47.7. The van der Waals surface area contributed by atoms with Crippen LogP contribution in [0.15, 0.2) is 47.3 Å². The zero-order chi connectivity index (χ0) is 26.3. The largest absolute Gasteiger partial charge is 0.543 e. The molecule has 0 unspecified atom stereocenters. The first-order valence-corrected chi connectivity index (χ1v) is 12.6. The molecule has 0 aliphatic carbocycles. The number of nitrogens with one attached hydrogen (secondary N) is 1. The monoisotopic (exact) mass is 544 g/mol. The first kappa shape index (κ1) is 24.7. The number of fused-ring (bicyclic) bond motifs is 2. The number of carbonyl (C=O) groups excluding carboxylic acids is 3. The standard InChI is InChI=1S/C21H20N8O6S2/c1-35-25-13(16-24-21(22)37-26-16)17(31)23-14-18(32)29-15(20(33)34)11(9-36-19(14)29)6-27-4-5-28-3-2-10(8-30)12(28)7-27/h2-5,7,14,19,30H,6,8-9H2,1H3,(H3-,22,23,24,26,31,33,34)/b25-13-/t14-,19-/m1/s1. The molecule has 3 aromatic heterocycles. The summed E-state index contributed by atoms with van der Waals surface area (Å²) in [6.45, 7) is 0.0566. The number of nitrogen functional groups attached to an aromatic ring is 1. The van der Waals surface area contributed by atoms with Crippen LogP contribution in [0.3, 0.4) is 0 Å². The van der Waals surface area contributed by atoms with E-state index in [2.05, 4.69) is 19.8 Å². The minimum atomic E-state index is -1.48. The summed E-state index contributed by atoms with van der Waals surface area (Å²) >= 11 is 2.18. The van der Waals surface area contributed by atoms with Gasteiger partial charge in [-0.15, -0.1) is 11.8 Å². The van der Waals surface area contributed by atoms with E-state index in [1.807, 2.05) is 10.6 Å². The number of rotatable bonds is 8. The van der Waals surface area contributed by atoms with Gasteiger partial charge < -0.3 is 35.3 Å². The summed E-state index contributed by atoms with van der Waals surface area (Å²) in [5.74, 6) is -2.61. The van der Waals surface area contributed by atoms with E-state index in [1.54, 1.807) is 29.2 Å². The normalized spacial score (nSPS) is 19.6. The lowest BCUT2D eigenvalue weighted by Gasteiger charge is -2.50. The van der Waals surface area contributed by atoms with Crippen LogP contribution in [0.4, 0.5) is 5.13 Å². The predicted octanol–water partition coefficient (Wildman–Crippen LogP) is -2.39. The molecule has 16 heteroatoms. The Morgan fingerprint density at radius 2 is 2.24 bits per heavy atom. The molecule has 0 saturated carbocycles. The number of carboxylic acid groups (broad SMARTS) is 1. The highest BCUT2D eigenvalue weighted by molar-refractivity contribution is 8.00. The van der Waals surface area contributed by atoms with E-state index < -0.39 is 29.2 Å². The summed E-state index contributed by atoms with van der Waals surface area (Å²) < 4.78 is 7.55. The maximum atomic E-state index is 13.0. The molecule has 2 amide bonds. The topological polar surface area (TPSA) is 191 Å². The zero-order valence-corrected chi connectivity index (χ0v) is 20.9. The lowest BCUT2D eigenvalue weighted by Crippen LogP contribution is -2.71. The third kappa shape index (κ3) is 4.38. The molecule has 37 heavy (non-hydrogen) atoms. The predicted molar refractivity (Wildman–Crippen MR) is 128 cm³/mol. The minimum absolute atomic E-state index is 0.0549. The molecule has 2 atom stereocenters. The van der Waals surface area contributed by atoms with Crippen LogP contribution in [0.2, 0.25) is 0 Å². The number of oxime groups is 1. The second kappa shape index (κ2) is 9.79. The molecule has 0 aromatic carbocycles. The van der Waals surface area contributed by atoms with Crippen LogP contribution in [-0.2, 0) is 32.4 Å². The van der Waals surface area contributed by atoms with Gasteiger partial charge in [-0.05, 0) is 6.07 Å². The van der Waals surface area contributed by atoms with Gasteiger partial charge in [0.25, 0.3) is 11.8 Å². The van der Waals surface area contributed by atoms with Crippen LogP contribution in [0.1, 0.15) is 11.4 Å². The van der Waals surface area contributed by atoms with Crippen LogP contribution in [0.5, 0.6) is 0 Å². The molecule has 14 nitrogen and oxygen atoms in total. The highest BCUT2D eigenvalue weighted by Gasteiger charge is 2.53. The Bertz CT molecular complexity index is 1480. The van der Waals surface area contributed by atoms with Gasteiger partial charge in [-0.25, -0.2) is 0 Å². The van der Waals surface area contributed by atoms with Crippen LogP contribution in [0, 0.1) is 0 Å². The van der Waals surface area contributed by atoms with Crippen molar-refractivity contribution in [1.29, 1.82) is 0 Å². The van der Waals surface area contributed by atoms with Gasteiger partial charge in [-0.3, -0.25) is 14.5 Å². The van der Waals surface area contributed by atoms with Gasteiger partial charge >= 0.3 is 0 Å². The van der Waals surface area contributed by atoms with Crippen molar-refractivity contribution in [3.05, 3.63) is 53.5 Å². The van der Waals surface area contributed by atoms with Crippen LogP contribution in [-0.4, -0.2) is 71.5 Å². The number of aromatic nitrogens is 4. The maximum absolute atomic E-state index is 13.0. The Morgan fingerprint density at radius 3 is 2.92 bits per heavy atom. The number of amides is 2. The molecule has 5 heterocycles. The molecule has 3 aromatic rings. The summed E-state index contributed by atoms with van der Waals surface area (Å²) in [6.07, 6.45) is 7.16. The lowest BCUT2D eigenvalue weighted by atomic mass is 10.0. The number of aliphatic hydroxyl groups is 1.